The Kier molecular flexibility index (Phi) is 3.10. The second-order valence-electron chi connectivity index (χ2n) is 3.25. The molecule has 0 rings (SSSR count). The summed E-state index contributed by atoms with van der Waals surface area (Å²) in [5.41, 5.74) is -17.7. The molecule has 0 spiro atoms. The van der Waals surface area contributed by atoms with Gasteiger partial charge >= 0.3 is 91.6 Å². The Hall–Kier alpha value is -0.550. The van der Waals surface area contributed by atoms with Crippen molar-refractivity contribution in [2.75, 3.05) is 0 Å². The Morgan fingerprint density at radius 2 is 0.579 bits per heavy atom. The quantitative estimate of drug-likeness (QED) is 0.430. The van der Waals surface area contributed by atoms with Crippen molar-refractivity contribution in [3.8, 4) is 0 Å². The van der Waals surface area contributed by atoms with E-state index in [1.165, 1.54) is 0 Å². The number of rotatable bonds is 2. The molecule has 0 unspecified atom stereocenters. The maximum atomic E-state index is 12.2. The van der Waals surface area contributed by atoms with Crippen molar-refractivity contribution in [1.29, 1.82) is 0 Å². The summed E-state index contributed by atoms with van der Waals surface area (Å²) in [5, 5.41) is 0. The third-order valence-electron chi connectivity index (χ3n) is 1.81. The molecule has 15 heteroatoms. The second-order valence-corrected chi connectivity index (χ2v) is 6.72. The third kappa shape index (κ3) is 1.85. The molecule has 0 aliphatic carbocycles. The Labute approximate surface area is 92.9 Å². The van der Waals surface area contributed by atoms with Crippen LogP contribution in [0, 0.1) is 0 Å². The van der Waals surface area contributed by atoms with Gasteiger partial charge in [0.2, 0.25) is 0 Å². The topological polar surface area (TPSA) is 0 Å². The molecule has 0 aromatic heterocycles. The van der Waals surface area contributed by atoms with E-state index in [1.807, 2.05) is 0 Å². The summed E-state index contributed by atoms with van der Waals surface area (Å²) in [7, 11) is -13.6. The number of alkyl halides is 10. The summed E-state index contributed by atoms with van der Waals surface area (Å²) in [6.45, 7) is 0. The maximum absolute atomic E-state index is 13.6. The number of hydrogen-bond acceptors (Lipinski definition) is 0. The van der Waals surface area contributed by atoms with E-state index < -0.39 is 30.9 Å². The number of halogens is 14. The molecule has 0 heterocycles. The SMILES string of the molecule is FC(F)(F)C(F)(F)[P-](F)(F)(F)(F)C(F)(F)C(F)(F)F. The molecular weight excluding hydrogens is 345 g/mol. The van der Waals surface area contributed by atoms with Crippen LogP contribution in [0.5, 0.6) is 0 Å². The first-order valence-electron chi connectivity index (χ1n) is 3.51. The Morgan fingerprint density at radius 1 is 0.421 bits per heavy atom. The van der Waals surface area contributed by atoms with E-state index in [0.717, 1.165) is 0 Å². The van der Waals surface area contributed by atoms with E-state index in [9.17, 15) is 60.7 Å². The molecule has 120 valence electrons. The van der Waals surface area contributed by atoms with E-state index in [0.29, 0.717) is 0 Å². The number of hydrogen-bond donors (Lipinski definition) is 0. The molecule has 19 heavy (non-hydrogen) atoms. The van der Waals surface area contributed by atoms with Crippen LogP contribution in [0.15, 0.2) is 0 Å². The molecule has 0 radical (unpaired) electrons. The van der Waals surface area contributed by atoms with Crippen LogP contribution < -0.4 is 0 Å². The summed E-state index contributed by atoms with van der Waals surface area (Å²) in [4.78, 5) is 0. The molecule has 0 aliphatic heterocycles. The van der Waals surface area contributed by atoms with Gasteiger partial charge in [0.1, 0.15) is 0 Å². The van der Waals surface area contributed by atoms with Gasteiger partial charge < -0.3 is 0 Å². The van der Waals surface area contributed by atoms with Gasteiger partial charge in [-0.2, -0.15) is 0 Å². The summed E-state index contributed by atoms with van der Waals surface area (Å²) in [6.07, 6.45) is -16.0. The van der Waals surface area contributed by atoms with Gasteiger partial charge in [-0.05, 0) is 0 Å². The average molecular weight is 345 g/mol. The summed E-state index contributed by atoms with van der Waals surface area (Å²) in [6, 6.07) is 0. The van der Waals surface area contributed by atoms with E-state index in [1.54, 1.807) is 0 Å². The zero-order chi connectivity index (χ0) is 16.4. The second kappa shape index (κ2) is 3.19. The van der Waals surface area contributed by atoms with E-state index >= 15 is 0 Å². The average Bonchev–Trinajstić information content (AvgIpc) is 1.96. The zero-order valence-electron chi connectivity index (χ0n) is 7.74. The van der Waals surface area contributed by atoms with Crippen molar-refractivity contribution in [3.63, 3.8) is 0 Å². The molecule has 0 amide bonds. The van der Waals surface area contributed by atoms with E-state index in [4.69, 9.17) is 0 Å². The fraction of sp³-hybridized carbons (Fsp3) is 1.00. The van der Waals surface area contributed by atoms with Crippen LogP contribution in [0.25, 0.3) is 0 Å². The Bertz CT molecular complexity index is 341. The van der Waals surface area contributed by atoms with Crippen molar-refractivity contribution < 1.29 is 60.7 Å². The molecular formula is C4F14P-. The van der Waals surface area contributed by atoms with Crippen molar-refractivity contribution in [2.24, 2.45) is 0 Å². The van der Waals surface area contributed by atoms with Gasteiger partial charge in [-0.25, -0.2) is 0 Å². The molecule has 0 fully saturated rings. The molecule has 0 aliphatic rings. The van der Waals surface area contributed by atoms with Crippen LogP contribution in [0.2, 0.25) is 0 Å². The summed E-state index contributed by atoms with van der Waals surface area (Å²) in [5.74, 6) is 0. The first-order chi connectivity index (χ1) is 7.54. The molecule has 0 N–H and O–H groups in total. The standard InChI is InChI=1S/C4F14P/c5-1(6,7)3(11,12)19(15,16,17,18)4(13,14)2(8,9)10/q-1. The van der Waals surface area contributed by atoms with Crippen molar-refractivity contribution in [1.82, 2.24) is 0 Å². The molecule has 0 aromatic rings. The Morgan fingerprint density at radius 3 is 0.684 bits per heavy atom. The minimum atomic E-state index is -13.6. The molecule has 0 atom stereocenters. The van der Waals surface area contributed by atoms with Crippen LogP contribution in [0.1, 0.15) is 0 Å². The van der Waals surface area contributed by atoms with Gasteiger partial charge in [0.05, 0.1) is 0 Å². The van der Waals surface area contributed by atoms with Crippen LogP contribution >= 0.6 is 7.19 Å². The summed E-state index contributed by atoms with van der Waals surface area (Å²) >= 11 is 0. The molecule has 0 saturated carbocycles. The normalized spacial score (nSPS) is 19.9. The van der Waals surface area contributed by atoms with Crippen LogP contribution in [-0.4, -0.2) is 23.7 Å². The van der Waals surface area contributed by atoms with Gasteiger partial charge in [-0.15, -0.1) is 0 Å². The van der Waals surface area contributed by atoms with E-state index in [-0.39, 0.29) is 0 Å². The zero-order valence-corrected chi connectivity index (χ0v) is 8.63. The predicted octanol–water partition coefficient (Wildman–Crippen LogP) is 5.92. The molecule has 0 saturated heterocycles. The van der Waals surface area contributed by atoms with Gasteiger partial charge in [0.25, 0.3) is 0 Å². The molecule has 0 aromatic carbocycles. The van der Waals surface area contributed by atoms with Gasteiger partial charge in [0.15, 0.2) is 0 Å². The van der Waals surface area contributed by atoms with E-state index in [2.05, 4.69) is 0 Å². The van der Waals surface area contributed by atoms with Crippen LogP contribution in [0.4, 0.5) is 60.7 Å². The van der Waals surface area contributed by atoms with Gasteiger partial charge in [-0.3, -0.25) is 0 Å². The minimum absolute atomic E-state index is 8.02. The Balaban J connectivity index is 6.64. The predicted molar refractivity (Wildman–Crippen MR) is 33.4 cm³/mol. The molecule has 0 nitrogen and oxygen atoms in total. The monoisotopic (exact) mass is 345 g/mol. The van der Waals surface area contributed by atoms with Crippen LogP contribution in [-0.2, 0) is 0 Å². The van der Waals surface area contributed by atoms with Gasteiger partial charge in [0, 0.05) is 0 Å². The van der Waals surface area contributed by atoms with Crippen molar-refractivity contribution in [2.45, 2.75) is 23.7 Å². The van der Waals surface area contributed by atoms with Crippen LogP contribution in [0.3, 0.4) is 0 Å². The fourth-order valence-electron chi connectivity index (χ4n) is 0.686. The summed E-state index contributed by atoms with van der Waals surface area (Å²) < 4.78 is 165. The molecule has 0 bridgehead atoms. The van der Waals surface area contributed by atoms with Gasteiger partial charge in [-0.1, -0.05) is 0 Å². The van der Waals surface area contributed by atoms with Crippen molar-refractivity contribution >= 4 is 7.19 Å². The van der Waals surface area contributed by atoms with Crippen molar-refractivity contribution in [3.05, 3.63) is 0 Å². The first kappa shape index (κ1) is 18.4. The third-order valence-corrected chi connectivity index (χ3v) is 4.58. The first-order valence-corrected chi connectivity index (χ1v) is 5.76. The fourth-order valence-corrected chi connectivity index (χ4v) is 2.06.